The lowest BCUT2D eigenvalue weighted by atomic mass is 9.90. The van der Waals surface area contributed by atoms with Crippen LogP contribution in [-0.2, 0) is 17.8 Å². The Bertz CT molecular complexity index is 1230. The van der Waals surface area contributed by atoms with Crippen molar-refractivity contribution in [2.24, 2.45) is 0 Å². The zero-order valence-electron chi connectivity index (χ0n) is 18.9. The lowest BCUT2D eigenvalue weighted by Gasteiger charge is -2.25. The van der Waals surface area contributed by atoms with Crippen molar-refractivity contribution in [2.45, 2.75) is 52.4 Å². The molecule has 0 radical (unpaired) electrons. The molecule has 2 N–H and O–H groups in total. The average Bonchev–Trinajstić information content (AvgIpc) is 2.69. The molecule has 1 heterocycles. The maximum absolute atomic E-state index is 13.9. The molecule has 1 aromatic heterocycles. The largest absolute Gasteiger partial charge is 0.472 e. The second-order valence-electron chi connectivity index (χ2n) is 8.83. The number of hydrogen-bond acceptors (Lipinski definition) is 5. The Hall–Kier alpha value is -2.62. The van der Waals surface area contributed by atoms with E-state index < -0.39 is 28.4 Å². The molecule has 2 aromatic carbocycles. The molecule has 0 amide bonds. The molecule has 3 rings (SSSR count). The number of nitrogens with zero attached hydrogens (tertiary/aromatic N) is 2. The van der Waals surface area contributed by atoms with Crippen molar-refractivity contribution in [3.8, 4) is 11.6 Å². The van der Waals surface area contributed by atoms with Crippen LogP contribution < -0.4 is 10.3 Å². The van der Waals surface area contributed by atoms with Gasteiger partial charge < -0.3 is 14.9 Å². The number of aromatic nitrogens is 2. The maximum Gasteiger partial charge on any atom is 0.276 e. The molecule has 6 nitrogen and oxygen atoms in total. The van der Waals surface area contributed by atoms with E-state index in [1.807, 2.05) is 0 Å². The highest BCUT2D eigenvalue weighted by Gasteiger charge is 2.25. The first-order chi connectivity index (χ1) is 15.2. The zero-order chi connectivity index (χ0) is 24.7. The molecule has 0 saturated heterocycles. The maximum atomic E-state index is 13.9. The molecule has 0 fully saturated rings. The highest BCUT2D eigenvalue weighted by molar-refractivity contribution is 9.10. The molecular formula is C24H25BrF2N2O4. The number of ether oxygens (including phenoxy) is 1. The van der Waals surface area contributed by atoms with E-state index in [1.54, 1.807) is 52.8 Å². The molecule has 0 aliphatic heterocycles. The monoisotopic (exact) mass is 522 g/mol. The van der Waals surface area contributed by atoms with Gasteiger partial charge >= 0.3 is 0 Å². The van der Waals surface area contributed by atoms with E-state index in [-0.39, 0.29) is 28.3 Å². The summed E-state index contributed by atoms with van der Waals surface area (Å²) in [4.78, 5) is 17.5. The van der Waals surface area contributed by atoms with Crippen molar-refractivity contribution in [3.05, 3.63) is 85.4 Å². The molecular weight excluding hydrogens is 498 g/mol. The van der Waals surface area contributed by atoms with Crippen LogP contribution in [0, 0.1) is 18.6 Å². The highest BCUT2D eigenvalue weighted by Crippen LogP contribution is 2.30. The van der Waals surface area contributed by atoms with E-state index in [2.05, 4.69) is 20.9 Å². The van der Waals surface area contributed by atoms with Gasteiger partial charge in [-0.1, -0.05) is 0 Å². The molecule has 176 valence electrons. The summed E-state index contributed by atoms with van der Waals surface area (Å²) in [5.41, 5.74) is -1.41. The van der Waals surface area contributed by atoms with Crippen molar-refractivity contribution in [2.75, 3.05) is 0 Å². The first-order valence-corrected chi connectivity index (χ1v) is 10.9. The van der Waals surface area contributed by atoms with Crippen LogP contribution >= 0.6 is 15.9 Å². The number of aryl methyl sites for hydroxylation is 1. The van der Waals surface area contributed by atoms with Crippen molar-refractivity contribution in [1.29, 1.82) is 0 Å². The summed E-state index contributed by atoms with van der Waals surface area (Å²) in [7, 11) is 0. The second kappa shape index (κ2) is 8.96. The number of aliphatic hydroxyl groups is 2. The summed E-state index contributed by atoms with van der Waals surface area (Å²) < 4.78 is 33.9. The van der Waals surface area contributed by atoms with E-state index in [4.69, 9.17) is 4.74 Å². The minimum Gasteiger partial charge on any atom is -0.472 e. The van der Waals surface area contributed by atoms with Gasteiger partial charge in [0.1, 0.15) is 28.5 Å². The summed E-state index contributed by atoms with van der Waals surface area (Å²) in [6.07, 6.45) is 0. The van der Waals surface area contributed by atoms with Gasteiger partial charge in [-0.2, -0.15) is 4.98 Å². The Morgan fingerprint density at radius 3 is 2.12 bits per heavy atom. The molecule has 3 aromatic rings. The van der Waals surface area contributed by atoms with Crippen LogP contribution in [0.15, 0.2) is 45.7 Å². The number of hydrogen-bond donors (Lipinski definition) is 2. The van der Waals surface area contributed by atoms with Crippen molar-refractivity contribution < 1.29 is 23.7 Å². The molecule has 0 aliphatic carbocycles. The molecule has 33 heavy (non-hydrogen) atoms. The normalized spacial score (nSPS) is 12.2. The van der Waals surface area contributed by atoms with Crippen LogP contribution in [0.4, 0.5) is 8.78 Å². The smallest absolute Gasteiger partial charge is 0.276 e. The van der Waals surface area contributed by atoms with Crippen LogP contribution in [0.3, 0.4) is 0 Å². The van der Waals surface area contributed by atoms with Crippen molar-refractivity contribution >= 4 is 15.9 Å². The first kappa shape index (κ1) is 25.0. The van der Waals surface area contributed by atoms with Gasteiger partial charge in [0, 0.05) is 11.6 Å². The van der Waals surface area contributed by atoms with Crippen LogP contribution in [0.5, 0.6) is 5.88 Å². The van der Waals surface area contributed by atoms with E-state index in [1.165, 1.54) is 10.6 Å². The summed E-state index contributed by atoms with van der Waals surface area (Å²) in [6, 6.07) is 8.09. The first-order valence-electron chi connectivity index (χ1n) is 10.2. The third-order valence-corrected chi connectivity index (χ3v) is 5.81. The summed E-state index contributed by atoms with van der Waals surface area (Å²) in [5, 5.41) is 21.1. The van der Waals surface area contributed by atoms with E-state index in [0.29, 0.717) is 16.8 Å². The van der Waals surface area contributed by atoms with E-state index in [9.17, 15) is 23.8 Å². The fourth-order valence-corrected chi connectivity index (χ4v) is 3.59. The molecule has 0 bridgehead atoms. The zero-order valence-corrected chi connectivity index (χ0v) is 20.5. The van der Waals surface area contributed by atoms with Crippen LogP contribution in [0.25, 0.3) is 5.69 Å². The minimum absolute atomic E-state index is 0.00842. The summed E-state index contributed by atoms with van der Waals surface area (Å²) in [6.45, 7) is 7.77. The number of rotatable bonds is 6. The molecule has 9 heteroatoms. The predicted octanol–water partition coefficient (Wildman–Crippen LogP) is 4.62. The van der Waals surface area contributed by atoms with Crippen LogP contribution in [-0.4, -0.2) is 19.8 Å². The molecule has 0 unspecified atom stereocenters. The fraction of sp³-hybridized carbons (Fsp3) is 0.333. The van der Waals surface area contributed by atoms with E-state index in [0.717, 1.165) is 12.1 Å². The number of halogens is 3. The second-order valence-corrected chi connectivity index (χ2v) is 9.62. The fourth-order valence-electron chi connectivity index (χ4n) is 3.21. The van der Waals surface area contributed by atoms with Crippen molar-refractivity contribution in [1.82, 2.24) is 9.55 Å². The van der Waals surface area contributed by atoms with Gasteiger partial charge in [0.15, 0.2) is 0 Å². The lowest BCUT2D eigenvalue weighted by Crippen LogP contribution is -2.26. The highest BCUT2D eigenvalue weighted by atomic mass is 79.9. The molecule has 0 saturated carbocycles. The quantitative estimate of drug-likeness (QED) is 0.493. The SMILES string of the molecule is Cc1nc(OCc2ccc(F)cc2F)c(Br)c(=O)n1-c1cc(C(C)(C)O)cc(C(C)(C)O)c1. The minimum atomic E-state index is -1.22. The molecule has 0 atom stereocenters. The topological polar surface area (TPSA) is 84.6 Å². The third-order valence-electron chi connectivity index (χ3n) is 5.13. The summed E-state index contributed by atoms with van der Waals surface area (Å²) >= 11 is 3.21. The van der Waals surface area contributed by atoms with Gasteiger partial charge in [-0.15, -0.1) is 0 Å². The Morgan fingerprint density at radius 1 is 1.03 bits per heavy atom. The Kier molecular flexibility index (Phi) is 6.79. The Balaban J connectivity index is 2.07. The molecule has 0 spiro atoms. The lowest BCUT2D eigenvalue weighted by molar-refractivity contribution is 0.0717. The van der Waals surface area contributed by atoms with Gasteiger partial charge in [-0.3, -0.25) is 9.36 Å². The summed E-state index contributed by atoms with van der Waals surface area (Å²) in [5.74, 6) is -1.24. The Morgan fingerprint density at radius 2 is 1.61 bits per heavy atom. The van der Waals surface area contributed by atoms with Crippen LogP contribution in [0.1, 0.15) is 50.2 Å². The van der Waals surface area contributed by atoms with Gasteiger partial charge in [0.25, 0.3) is 5.56 Å². The van der Waals surface area contributed by atoms with Crippen molar-refractivity contribution in [3.63, 3.8) is 0 Å². The standard InChI is InChI=1S/C24H25BrF2N2O4/c1-13-28-21(33-12-14-6-7-17(26)11-19(14)27)20(25)22(30)29(13)18-9-15(23(2,3)31)8-16(10-18)24(4,5)32/h6-11,31-32H,12H2,1-5H3. The van der Waals surface area contributed by atoms with E-state index >= 15 is 0 Å². The number of benzene rings is 2. The van der Waals surface area contributed by atoms with Gasteiger partial charge in [-0.05, 0) is 92.0 Å². The van der Waals surface area contributed by atoms with Gasteiger partial charge in [0.05, 0.1) is 16.9 Å². The predicted molar refractivity (Wildman–Crippen MR) is 123 cm³/mol. The average molecular weight is 523 g/mol. The molecule has 0 aliphatic rings. The van der Waals surface area contributed by atoms with Gasteiger partial charge in [0.2, 0.25) is 5.88 Å². The van der Waals surface area contributed by atoms with Crippen LogP contribution in [0.2, 0.25) is 0 Å². The van der Waals surface area contributed by atoms with Gasteiger partial charge in [-0.25, -0.2) is 8.78 Å². The Labute approximate surface area is 198 Å². The third kappa shape index (κ3) is 5.48.